The molecule has 1 aliphatic heterocycles. The van der Waals surface area contributed by atoms with Crippen molar-refractivity contribution in [3.8, 4) is 0 Å². The van der Waals surface area contributed by atoms with Crippen LogP contribution in [0.3, 0.4) is 0 Å². The van der Waals surface area contributed by atoms with Crippen LogP contribution in [0.25, 0.3) is 0 Å². The quantitative estimate of drug-likeness (QED) is 0.859. The Labute approximate surface area is 112 Å². The van der Waals surface area contributed by atoms with Crippen LogP contribution in [0.5, 0.6) is 0 Å². The lowest BCUT2D eigenvalue weighted by Crippen LogP contribution is -2.46. The Hall–Kier alpha value is -1.07. The third-order valence-electron chi connectivity index (χ3n) is 3.12. The molecule has 0 aliphatic carbocycles. The molecule has 1 fully saturated rings. The molecular formula is C13H20N2O2S. The molecule has 2 atom stereocenters. The fraction of sp³-hybridized carbons (Fsp3) is 0.615. The lowest BCUT2D eigenvalue weighted by molar-refractivity contribution is 0.0860. The number of hydrogen-bond acceptors (Lipinski definition) is 3. The van der Waals surface area contributed by atoms with E-state index in [9.17, 15) is 4.79 Å². The molecule has 1 saturated heterocycles. The largest absolute Gasteiger partial charge is 0.376 e. The van der Waals surface area contributed by atoms with E-state index in [0.717, 1.165) is 25.9 Å². The molecule has 5 heteroatoms. The molecular weight excluding hydrogens is 248 g/mol. The number of carbonyl (C=O) groups is 1. The Bertz CT molecular complexity index is 361. The minimum atomic E-state index is -0.102. The number of carbonyl (C=O) groups excluding carboxylic acids is 1. The molecule has 0 bridgehead atoms. The van der Waals surface area contributed by atoms with Crippen LogP contribution in [0.1, 0.15) is 24.6 Å². The zero-order valence-corrected chi connectivity index (χ0v) is 11.5. The van der Waals surface area contributed by atoms with Gasteiger partial charge in [0.2, 0.25) is 0 Å². The Balaban J connectivity index is 1.62. The number of urea groups is 1. The van der Waals surface area contributed by atoms with Crippen molar-refractivity contribution < 1.29 is 9.53 Å². The normalized spacial score (nSPS) is 20.6. The lowest BCUT2D eigenvalue weighted by atomic mass is 10.1. The summed E-state index contributed by atoms with van der Waals surface area (Å²) in [7, 11) is 0. The Morgan fingerprint density at radius 2 is 2.56 bits per heavy atom. The van der Waals surface area contributed by atoms with E-state index in [1.54, 1.807) is 11.3 Å². The summed E-state index contributed by atoms with van der Waals surface area (Å²) < 4.78 is 5.54. The topological polar surface area (TPSA) is 50.4 Å². The zero-order chi connectivity index (χ0) is 12.8. The highest BCUT2D eigenvalue weighted by Crippen LogP contribution is 2.15. The highest BCUT2D eigenvalue weighted by Gasteiger charge is 2.23. The van der Waals surface area contributed by atoms with Gasteiger partial charge in [0.25, 0.3) is 0 Å². The van der Waals surface area contributed by atoms with Crippen molar-refractivity contribution in [3.05, 3.63) is 22.4 Å². The maximum atomic E-state index is 11.7. The molecule has 1 aromatic rings. The molecule has 2 heterocycles. The van der Waals surface area contributed by atoms with E-state index in [4.69, 9.17) is 4.74 Å². The van der Waals surface area contributed by atoms with Crippen molar-refractivity contribution in [3.63, 3.8) is 0 Å². The van der Waals surface area contributed by atoms with Gasteiger partial charge in [-0.05, 0) is 37.6 Å². The second-order valence-corrected chi connectivity index (χ2v) is 5.60. The highest BCUT2D eigenvalue weighted by molar-refractivity contribution is 7.09. The van der Waals surface area contributed by atoms with Crippen molar-refractivity contribution in [2.75, 3.05) is 13.2 Å². The monoisotopic (exact) mass is 268 g/mol. The third kappa shape index (κ3) is 3.99. The van der Waals surface area contributed by atoms with Gasteiger partial charge in [0.05, 0.1) is 12.1 Å². The summed E-state index contributed by atoms with van der Waals surface area (Å²) in [6, 6.07) is 4.09. The molecule has 1 aromatic heterocycles. The molecule has 0 aromatic carbocycles. The van der Waals surface area contributed by atoms with Gasteiger partial charge in [0.1, 0.15) is 0 Å². The minimum absolute atomic E-state index is 0.0780. The molecule has 0 saturated carbocycles. The van der Waals surface area contributed by atoms with Crippen LogP contribution in [-0.4, -0.2) is 31.3 Å². The van der Waals surface area contributed by atoms with E-state index < -0.39 is 0 Å². The van der Waals surface area contributed by atoms with Gasteiger partial charge in [0.15, 0.2) is 0 Å². The molecule has 18 heavy (non-hydrogen) atoms. The van der Waals surface area contributed by atoms with E-state index in [-0.39, 0.29) is 18.2 Å². The minimum Gasteiger partial charge on any atom is -0.376 e. The fourth-order valence-corrected chi connectivity index (χ4v) is 2.81. The molecule has 0 radical (unpaired) electrons. The smallest absolute Gasteiger partial charge is 0.315 e. The number of nitrogens with one attached hydrogen (secondary N) is 2. The van der Waals surface area contributed by atoms with Crippen LogP contribution < -0.4 is 10.6 Å². The van der Waals surface area contributed by atoms with Crippen LogP contribution in [0, 0.1) is 0 Å². The molecule has 1 aliphatic rings. The van der Waals surface area contributed by atoms with Crippen LogP contribution >= 0.6 is 11.3 Å². The molecule has 100 valence electrons. The first-order chi connectivity index (χ1) is 8.75. The van der Waals surface area contributed by atoms with Crippen molar-refractivity contribution in [2.45, 2.75) is 38.3 Å². The summed E-state index contributed by atoms with van der Waals surface area (Å²) in [5.74, 6) is 0. The predicted molar refractivity (Wildman–Crippen MR) is 73.0 cm³/mol. The van der Waals surface area contributed by atoms with Crippen LogP contribution in [0.2, 0.25) is 0 Å². The first-order valence-corrected chi connectivity index (χ1v) is 7.32. The van der Waals surface area contributed by atoms with Gasteiger partial charge >= 0.3 is 6.03 Å². The van der Waals surface area contributed by atoms with Crippen molar-refractivity contribution >= 4 is 17.4 Å². The maximum absolute atomic E-state index is 11.7. The SMILES string of the molecule is CC(NC(=O)NCCc1cccs1)C1CCCO1. The number of amides is 2. The molecule has 2 N–H and O–H groups in total. The summed E-state index contributed by atoms with van der Waals surface area (Å²) in [6.07, 6.45) is 3.19. The second-order valence-electron chi connectivity index (χ2n) is 4.57. The Morgan fingerprint density at radius 3 is 3.22 bits per heavy atom. The van der Waals surface area contributed by atoms with Crippen molar-refractivity contribution in [2.24, 2.45) is 0 Å². The zero-order valence-electron chi connectivity index (χ0n) is 10.6. The summed E-state index contributed by atoms with van der Waals surface area (Å²) in [5.41, 5.74) is 0. The summed E-state index contributed by atoms with van der Waals surface area (Å²) >= 11 is 1.72. The number of hydrogen-bond donors (Lipinski definition) is 2. The van der Waals surface area contributed by atoms with E-state index in [2.05, 4.69) is 22.1 Å². The first kappa shape index (κ1) is 13.4. The van der Waals surface area contributed by atoms with Crippen LogP contribution in [0.15, 0.2) is 17.5 Å². The van der Waals surface area contributed by atoms with Gasteiger partial charge in [-0.2, -0.15) is 0 Å². The Morgan fingerprint density at radius 1 is 1.67 bits per heavy atom. The molecule has 4 nitrogen and oxygen atoms in total. The molecule has 2 unspecified atom stereocenters. The van der Waals surface area contributed by atoms with Gasteiger partial charge < -0.3 is 15.4 Å². The molecule has 2 rings (SSSR count). The van der Waals surface area contributed by atoms with Crippen LogP contribution in [0.4, 0.5) is 4.79 Å². The number of rotatable bonds is 5. The van der Waals surface area contributed by atoms with E-state index >= 15 is 0 Å². The van der Waals surface area contributed by atoms with E-state index in [1.807, 2.05) is 13.0 Å². The van der Waals surface area contributed by atoms with Gasteiger partial charge in [0, 0.05) is 18.0 Å². The lowest BCUT2D eigenvalue weighted by Gasteiger charge is -2.20. The van der Waals surface area contributed by atoms with E-state index in [1.165, 1.54) is 4.88 Å². The highest BCUT2D eigenvalue weighted by atomic mass is 32.1. The number of thiophene rings is 1. The second kappa shape index (κ2) is 6.75. The standard InChI is InChI=1S/C13H20N2O2S/c1-10(12-5-2-8-17-12)15-13(16)14-7-6-11-4-3-9-18-11/h3-4,9-10,12H,2,5-8H2,1H3,(H2,14,15,16). The number of ether oxygens (including phenoxy) is 1. The predicted octanol–water partition coefficient (Wildman–Crippen LogP) is 2.16. The van der Waals surface area contributed by atoms with Gasteiger partial charge in [-0.15, -0.1) is 11.3 Å². The van der Waals surface area contributed by atoms with Crippen molar-refractivity contribution in [1.29, 1.82) is 0 Å². The van der Waals surface area contributed by atoms with Crippen LogP contribution in [-0.2, 0) is 11.2 Å². The van der Waals surface area contributed by atoms with E-state index in [0.29, 0.717) is 6.54 Å². The summed E-state index contributed by atoms with van der Waals surface area (Å²) in [6.45, 7) is 3.48. The average molecular weight is 268 g/mol. The average Bonchev–Trinajstić information content (AvgIpc) is 3.02. The summed E-state index contributed by atoms with van der Waals surface area (Å²) in [5, 5.41) is 7.86. The van der Waals surface area contributed by atoms with Gasteiger partial charge in [-0.1, -0.05) is 6.07 Å². The molecule has 2 amide bonds. The first-order valence-electron chi connectivity index (χ1n) is 6.44. The third-order valence-corrected chi connectivity index (χ3v) is 4.05. The maximum Gasteiger partial charge on any atom is 0.315 e. The van der Waals surface area contributed by atoms with Crippen molar-refractivity contribution in [1.82, 2.24) is 10.6 Å². The Kier molecular flexibility index (Phi) is 5.01. The fourth-order valence-electron chi connectivity index (χ4n) is 2.10. The van der Waals surface area contributed by atoms with Gasteiger partial charge in [-0.3, -0.25) is 0 Å². The van der Waals surface area contributed by atoms with Gasteiger partial charge in [-0.25, -0.2) is 4.79 Å². The summed E-state index contributed by atoms with van der Waals surface area (Å²) in [4.78, 5) is 13.0. The molecule has 0 spiro atoms.